The number of aromatic nitrogens is 1. The van der Waals surface area contributed by atoms with Crippen molar-refractivity contribution in [3.63, 3.8) is 0 Å². The zero-order valence-corrected chi connectivity index (χ0v) is 13.3. The second kappa shape index (κ2) is 7.28. The predicted octanol–water partition coefficient (Wildman–Crippen LogP) is 2.80. The van der Waals surface area contributed by atoms with Crippen molar-refractivity contribution in [2.75, 3.05) is 25.5 Å². The molecule has 6 nitrogen and oxygen atoms in total. The van der Waals surface area contributed by atoms with Gasteiger partial charge in [-0.05, 0) is 24.9 Å². The summed E-state index contributed by atoms with van der Waals surface area (Å²) >= 11 is 0. The van der Waals surface area contributed by atoms with Gasteiger partial charge in [-0.2, -0.15) is 0 Å². The maximum absolute atomic E-state index is 12.3. The van der Waals surface area contributed by atoms with Gasteiger partial charge in [0.05, 0.1) is 0 Å². The smallest absolute Gasteiger partial charge is 0.323 e. The second-order valence-corrected chi connectivity index (χ2v) is 5.94. The number of urea groups is 1. The Morgan fingerprint density at radius 2 is 2.22 bits per heavy atom. The van der Waals surface area contributed by atoms with Gasteiger partial charge in [-0.3, -0.25) is 10.2 Å². The second-order valence-electron chi connectivity index (χ2n) is 5.94. The first kappa shape index (κ1) is 15.6. The Bertz CT molecular complexity index is 615. The van der Waals surface area contributed by atoms with E-state index in [1.807, 2.05) is 13.1 Å². The predicted molar refractivity (Wildman–Crippen MR) is 88.0 cm³/mol. The lowest BCUT2D eigenvalue weighted by molar-refractivity contribution is 0.127. The molecule has 2 aromatic rings. The molecule has 1 aliphatic rings. The fourth-order valence-corrected chi connectivity index (χ4v) is 2.97. The topological polar surface area (TPSA) is 61.6 Å². The highest BCUT2D eigenvalue weighted by molar-refractivity contribution is 5.88. The molecule has 1 aromatic heterocycles. The Labute approximate surface area is 136 Å². The molecule has 0 bridgehead atoms. The lowest BCUT2D eigenvalue weighted by Crippen LogP contribution is -2.49. The van der Waals surface area contributed by atoms with Crippen LogP contribution in [0.4, 0.5) is 10.6 Å². The summed E-state index contributed by atoms with van der Waals surface area (Å²) in [4.78, 5) is 16.5. The average molecular weight is 314 g/mol. The molecule has 122 valence electrons. The highest BCUT2D eigenvalue weighted by Crippen LogP contribution is 2.18. The summed E-state index contributed by atoms with van der Waals surface area (Å²) in [5.74, 6) is 0.443. The van der Waals surface area contributed by atoms with Crippen LogP contribution >= 0.6 is 0 Å². The first-order valence-corrected chi connectivity index (χ1v) is 7.93. The summed E-state index contributed by atoms with van der Waals surface area (Å²) in [6.07, 6.45) is 3.56. The van der Waals surface area contributed by atoms with Gasteiger partial charge >= 0.3 is 6.03 Å². The van der Waals surface area contributed by atoms with Gasteiger partial charge in [0.1, 0.15) is 6.26 Å². The van der Waals surface area contributed by atoms with Crippen LogP contribution in [0.5, 0.6) is 0 Å². The molecule has 0 aliphatic carbocycles. The van der Waals surface area contributed by atoms with Gasteiger partial charge in [-0.15, -0.1) is 0 Å². The van der Waals surface area contributed by atoms with Gasteiger partial charge in [0.25, 0.3) is 0 Å². The van der Waals surface area contributed by atoms with E-state index in [-0.39, 0.29) is 12.1 Å². The molecule has 0 unspecified atom stereocenters. The number of hydrogen-bond acceptors (Lipinski definition) is 4. The van der Waals surface area contributed by atoms with Crippen molar-refractivity contribution in [1.82, 2.24) is 15.0 Å². The number of piperidine rings is 1. The van der Waals surface area contributed by atoms with E-state index in [0.717, 1.165) is 32.5 Å². The molecule has 2 heterocycles. The van der Waals surface area contributed by atoms with E-state index in [1.54, 1.807) is 11.0 Å². The first-order chi connectivity index (χ1) is 11.2. The van der Waals surface area contributed by atoms with Gasteiger partial charge in [-0.1, -0.05) is 35.5 Å². The molecule has 1 fully saturated rings. The molecule has 6 heteroatoms. The number of benzene rings is 1. The normalized spacial score (nSPS) is 18.6. The van der Waals surface area contributed by atoms with Gasteiger partial charge in [0, 0.05) is 32.2 Å². The highest BCUT2D eigenvalue weighted by Gasteiger charge is 2.26. The molecule has 2 amide bonds. The van der Waals surface area contributed by atoms with Gasteiger partial charge in [0.15, 0.2) is 5.82 Å². The highest BCUT2D eigenvalue weighted by atomic mass is 16.5. The average Bonchev–Trinajstić information content (AvgIpc) is 3.08. The third kappa shape index (κ3) is 4.10. The molecule has 0 saturated carbocycles. The van der Waals surface area contributed by atoms with Crippen LogP contribution in [0.1, 0.15) is 18.4 Å². The van der Waals surface area contributed by atoms with Crippen molar-refractivity contribution < 1.29 is 9.32 Å². The van der Waals surface area contributed by atoms with Crippen molar-refractivity contribution in [1.29, 1.82) is 0 Å². The van der Waals surface area contributed by atoms with Crippen LogP contribution in [0.15, 0.2) is 47.2 Å². The standard InChI is InChI=1S/C17H22N4O2/c1-20(17(22)18-16-9-11-23-19-16)15-8-5-10-21(13-15)12-14-6-3-2-4-7-14/h2-4,6-7,9,11,15H,5,8,10,12-13H2,1H3,(H,18,19,22)/t15-/m0/s1. The Morgan fingerprint density at radius 3 is 2.96 bits per heavy atom. The summed E-state index contributed by atoms with van der Waals surface area (Å²) in [5.41, 5.74) is 1.31. The Kier molecular flexibility index (Phi) is 4.92. The first-order valence-electron chi connectivity index (χ1n) is 7.93. The lowest BCUT2D eigenvalue weighted by Gasteiger charge is -2.37. The molecule has 23 heavy (non-hydrogen) atoms. The quantitative estimate of drug-likeness (QED) is 0.942. The van der Waals surface area contributed by atoms with E-state index < -0.39 is 0 Å². The molecule has 1 aromatic carbocycles. The Balaban J connectivity index is 1.56. The number of amides is 2. The van der Waals surface area contributed by atoms with E-state index in [2.05, 4.69) is 39.6 Å². The van der Waals surface area contributed by atoms with Crippen LogP contribution in [0, 0.1) is 0 Å². The number of likely N-dealkylation sites (tertiary alicyclic amines) is 1. The fraction of sp³-hybridized carbons (Fsp3) is 0.412. The molecule has 0 spiro atoms. The lowest BCUT2D eigenvalue weighted by atomic mass is 10.0. The minimum absolute atomic E-state index is 0.148. The summed E-state index contributed by atoms with van der Waals surface area (Å²) in [6, 6.07) is 12.1. The summed E-state index contributed by atoms with van der Waals surface area (Å²) in [7, 11) is 1.84. The minimum Gasteiger partial charge on any atom is -0.363 e. The molecule has 1 saturated heterocycles. The van der Waals surface area contributed by atoms with Crippen LogP contribution in [0.25, 0.3) is 0 Å². The van der Waals surface area contributed by atoms with Gasteiger partial charge < -0.3 is 9.42 Å². The third-order valence-electron chi connectivity index (χ3n) is 4.27. The third-order valence-corrected chi connectivity index (χ3v) is 4.27. The molecular weight excluding hydrogens is 292 g/mol. The van der Waals surface area contributed by atoms with E-state index >= 15 is 0 Å². The number of carbonyl (C=O) groups excluding carboxylic acids is 1. The van der Waals surface area contributed by atoms with E-state index in [4.69, 9.17) is 4.52 Å². The molecule has 0 radical (unpaired) electrons. The van der Waals surface area contributed by atoms with Crippen LogP contribution in [-0.2, 0) is 6.54 Å². The Morgan fingerprint density at radius 1 is 1.39 bits per heavy atom. The van der Waals surface area contributed by atoms with Crippen LogP contribution < -0.4 is 5.32 Å². The number of likely N-dealkylation sites (N-methyl/N-ethyl adjacent to an activating group) is 1. The van der Waals surface area contributed by atoms with Crippen LogP contribution in [0.3, 0.4) is 0 Å². The largest absolute Gasteiger partial charge is 0.363 e. The van der Waals surface area contributed by atoms with Gasteiger partial charge in [0.2, 0.25) is 0 Å². The van der Waals surface area contributed by atoms with Crippen LogP contribution in [-0.4, -0.2) is 47.2 Å². The zero-order chi connectivity index (χ0) is 16.1. The van der Waals surface area contributed by atoms with E-state index in [9.17, 15) is 4.79 Å². The number of rotatable bonds is 4. The van der Waals surface area contributed by atoms with Crippen molar-refractivity contribution in [2.24, 2.45) is 0 Å². The zero-order valence-electron chi connectivity index (χ0n) is 13.3. The maximum Gasteiger partial charge on any atom is 0.323 e. The van der Waals surface area contributed by atoms with E-state index in [1.165, 1.54) is 11.8 Å². The van der Waals surface area contributed by atoms with Crippen molar-refractivity contribution >= 4 is 11.8 Å². The number of nitrogens with one attached hydrogen (secondary N) is 1. The Hall–Kier alpha value is -2.34. The minimum atomic E-state index is -0.148. The van der Waals surface area contributed by atoms with Crippen molar-refractivity contribution in [3.8, 4) is 0 Å². The number of hydrogen-bond donors (Lipinski definition) is 1. The number of anilines is 1. The number of nitrogens with zero attached hydrogens (tertiary/aromatic N) is 3. The molecular formula is C17H22N4O2. The molecule has 1 atom stereocenters. The fourth-order valence-electron chi connectivity index (χ4n) is 2.97. The monoisotopic (exact) mass is 314 g/mol. The summed E-state index contributed by atoms with van der Waals surface area (Å²) < 4.78 is 4.73. The van der Waals surface area contributed by atoms with Crippen LogP contribution in [0.2, 0.25) is 0 Å². The van der Waals surface area contributed by atoms with E-state index in [0.29, 0.717) is 5.82 Å². The van der Waals surface area contributed by atoms with Crippen molar-refractivity contribution in [2.45, 2.75) is 25.4 Å². The molecule has 1 N–H and O–H groups in total. The maximum atomic E-state index is 12.3. The summed E-state index contributed by atoms with van der Waals surface area (Å²) in [6.45, 7) is 2.89. The van der Waals surface area contributed by atoms with Crippen molar-refractivity contribution in [3.05, 3.63) is 48.2 Å². The van der Waals surface area contributed by atoms with Gasteiger partial charge in [-0.25, -0.2) is 4.79 Å². The summed E-state index contributed by atoms with van der Waals surface area (Å²) in [5, 5.41) is 6.46. The molecule has 3 rings (SSSR count). The SMILES string of the molecule is CN(C(=O)Nc1ccon1)[C@H]1CCCN(Cc2ccccc2)C1. The molecule has 1 aliphatic heterocycles. The number of carbonyl (C=O) groups is 1.